The van der Waals surface area contributed by atoms with E-state index < -0.39 is 5.97 Å². The minimum absolute atomic E-state index is 0.370. The minimum atomic E-state index is -0.856. The molecule has 0 saturated heterocycles. The highest BCUT2D eigenvalue weighted by atomic mass is 79.9. The number of aromatic carboxylic acids is 1. The summed E-state index contributed by atoms with van der Waals surface area (Å²) in [4.78, 5) is 11.0. The number of unbranched alkanes of at least 4 members (excludes halogenated alkanes) is 7. The van der Waals surface area contributed by atoms with Crippen molar-refractivity contribution in [2.45, 2.75) is 64.8 Å². The quantitative estimate of drug-likeness (QED) is 0.607. The van der Waals surface area contributed by atoms with Crippen LogP contribution in [-0.2, 0) is 6.54 Å². The highest BCUT2D eigenvalue weighted by Gasteiger charge is 2.10. The van der Waals surface area contributed by atoms with Crippen molar-refractivity contribution in [3.63, 3.8) is 0 Å². The van der Waals surface area contributed by atoms with Crippen molar-refractivity contribution in [2.75, 3.05) is 0 Å². The lowest BCUT2D eigenvalue weighted by atomic mass is 10.1. The molecule has 0 atom stereocenters. The first kappa shape index (κ1) is 16.3. The van der Waals surface area contributed by atoms with Gasteiger partial charge in [0.05, 0.1) is 0 Å². The molecule has 1 aromatic heterocycles. The predicted octanol–water partition coefficient (Wildman–Crippen LogP) is 5.09. The zero-order valence-electron chi connectivity index (χ0n) is 11.7. The summed E-state index contributed by atoms with van der Waals surface area (Å²) in [7, 11) is 0. The molecule has 0 bridgehead atoms. The molecule has 0 aliphatic rings. The molecule has 1 heterocycles. The van der Waals surface area contributed by atoms with Gasteiger partial charge < -0.3 is 9.67 Å². The molecule has 3 nitrogen and oxygen atoms in total. The fraction of sp³-hybridized carbons (Fsp3) is 0.667. The molecule has 4 heteroatoms. The number of aryl methyl sites for hydroxylation is 1. The van der Waals surface area contributed by atoms with E-state index in [1.165, 1.54) is 44.9 Å². The normalized spacial score (nSPS) is 10.8. The first-order valence-electron chi connectivity index (χ1n) is 7.24. The number of halogens is 1. The molecule has 0 aromatic carbocycles. The maximum absolute atomic E-state index is 11.0. The number of rotatable bonds is 10. The van der Waals surface area contributed by atoms with Gasteiger partial charge in [-0.15, -0.1) is 0 Å². The maximum Gasteiger partial charge on any atom is 0.352 e. The molecule has 0 unspecified atom stereocenters. The molecular weight excluding hydrogens is 306 g/mol. The Kier molecular flexibility index (Phi) is 7.87. The van der Waals surface area contributed by atoms with Crippen molar-refractivity contribution < 1.29 is 9.90 Å². The highest BCUT2D eigenvalue weighted by molar-refractivity contribution is 9.10. The van der Waals surface area contributed by atoms with Crippen LogP contribution in [0.4, 0.5) is 0 Å². The van der Waals surface area contributed by atoms with E-state index in [2.05, 4.69) is 22.9 Å². The molecule has 0 aliphatic heterocycles. The highest BCUT2D eigenvalue weighted by Crippen LogP contribution is 2.16. The molecule has 0 saturated carbocycles. The maximum atomic E-state index is 11.0. The van der Waals surface area contributed by atoms with E-state index in [0.29, 0.717) is 5.69 Å². The van der Waals surface area contributed by atoms with Crippen LogP contribution in [0.5, 0.6) is 0 Å². The Bertz CT molecular complexity index is 387. The molecule has 0 spiro atoms. The van der Waals surface area contributed by atoms with Crippen LogP contribution in [0.2, 0.25) is 0 Å². The van der Waals surface area contributed by atoms with E-state index in [9.17, 15) is 4.79 Å². The standard InChI is InChI=1S/C15H24BrNO2/c1-2-3-4-5-6-7-8-9-10-17-12-13(16)11-14(17)15(18)19/h11-12H,2-10H2,1H3,(H,18,19). The second kappa shape index (κ2) is 9.18. The van der Waals surface area contributed by atoms with Crippen molar-refractivity contribution in [3.8, 4) is 0 Å². The third-order valence-corrected chi connectivity index (χ3v) is 3.77. The summed E-state index contributed by atoms with van der Waals surface area (Å²) in [5.41, 5.74) is 0.370. The number of carboxylic acids is 1. The van der Waals surface area contributed by atoms with E-state index in [-0.39, 0.29) is 0 Å². The van der Waals surface area contributed by atoms with Gasteiger partial charge >= 0.3 is 5.97 Å². The number of aromatic nitrogens is 1. The zero-order valence-corrected chi connectivity index (χ0v) is 13.3. The van der Waals surface area contributed by atoms with E-state index in [1.54, 1.807) is 6.07 Å². The molecule has 1 rings (SSSR count). The third-order valence-electron chi connectivity index (χ3n) is 3.33. The molecule has 0 amide bonds. The van der Waals surface area contributed by atoms with Gasteiger partial charge in [-0.05, 0) is 28.4 Å². The largest absolute Gasteiger partial charge is 0.477 e. The van der Waals surface area contributed by atoms with Crippen molar-refractivity contribution in [3.05, 3.63) is 22.4 Å². The monoisotopic (exact) mass is 329 g/mol. The average molecular weight is 330 g/mol. The van der Waals surface area contributed by atoms with Crippen LogP contribution in [-0.4, -0.2) is 15.6 Å². The van der Waals surface area contributed by atoms with Gasteiger partial charge in [-0.25, -0.2) is 4.79 Å². The smallest absolute Gasteiger partial charge is 0.352 e. The topological polar surface area (TPSA) is 42.2 Å². The van der Waals surface area contributed by atoms with Gasteiger partial charge in [-0.1, -0.05) is 51.9 Å². The van der Waals surface area contributed by atoms with Crippen LogP contribution in [0, 0.1) is 0 Å². The second-order valence-electron chi connectivity index (χ2n) is 5.02. The Hall–Kier alpha value is -0.770. The van der Waals surface area contributed by atoms with E-state index in [0.717, 1.165) is 17.4 Å². The number of hydrogen-bond acceptors (Lipinski definition) is 1. The van der Waals surface area contributed by atoms with Crippen LogP contribution in [0.15, 0.2) is 16.7 Å². The summed E-state index contributed by atoms with van der Waals surface area (Å²) in [5.74, 6) is -0.856. The number of carboxylic acid groups (broad SMARTS) is 1. The fourth-order valence-electron chi connectivity index (χ4n) is 2.25. The minimum Gasteiger partial charge on any atom is -0.477 e. The molecule has 1 aromatic rings. The third kappa shape index (κ3) is 6.28. The zero-order chi connectivity index (χ0) is 14.1. The van der Waals surface area contributed by atoms with Crippen LogP contribution in [0.3, 0.4) is 0 Å². The van der Waals surface area contributed by atoms with Gasteiger partial charge in [-0.2, -0.15) is 0 Å². The molecular formula is C15H24BrNO2. The molecule has 0 aliphatic carbocycles. The van der Waals surface area contributed by atoms with Crippen molar-refractivity contribution in [1.29, 1.82) is 0 Å². The molecule has 108 valence electrons. The van der Waals surface area contributed by atoms with Crippen molar-refractivity contribution in [1.82, 2.24) is 4.57 Å². The number of carbonyl (C=O) groups is 1. The van der Waals surface area contributed by atoms with Crippen LogP contribution in [0.25, 0.3) is 0 Å². The number of nitrogens with zero attached hydrogens (tertiary/aromatic N) is 1. The summed E-state index contributed by atoms with van der Waals surface area (Å²) in [6.07, 6.45) is 12.0. The first-order chi connectivity index (χ1) is 9.15. The first-order valence-corrected chi connectivity index (χ1v) is 8.03. The fourth-order valence-corrected chi connectivity index (χ4v) is 2.72. The summed E-state index contributed by atoms with van der Waals surface area (Å²) in [6, 6.07) is 1.66. The Morgan fingerprint density at radius 2 is 1.74 bits per heavy atom. The Morgan fingerprint density at radius 3 is 2.32 bits per heavy atom. The van der Waals surface area contributed by atoms with E-state index >= 15 is 0 Å². The lowest BCUT2D eigenvalue weighted by molar-refractivity contribution is 0.0685. The van der Waals surface area contributed by atoms with Gasteiger partial charge in [0.1, 0.15) is 5.69 Å². The van der Waals surface area contributed by atoms with Crippen LogP contribution in [0.1, 0.15) is 68.8 Å². The average Bonchev–Trinajstić information content (AvgIpc) is 2.74. The van der Waals surface area contributed by atoms with Gasteiger partial charge in [0.25, 0.3) is 0 Å². The Balaban J connectivity index is 2.17. The summed E-state index contributed by atoms with van der Waals surface area (Å²) < 4.78 is 2.66. The van der Waals surface area contributed by atoms with Gasteiger partial charge in [-0.3, -0.25) is 0 Å². The summed E-state index contributed by atoms with van der Waals surface area (Å²) >= 11 is 3.33. The van der Waals surface area contributed by atoms with Gasteiger partial charge in [0.15, 0.2) is 0 Å². The van der Waals surface area contributed by atoms with Crippen molar-refractivity contribution >= 4 is 21.9 Å². The second-order valence-corrected chi connectivity index (χ2v) is 5.93. The van der Waals surface area contributed by atoms with Crippen molar-refractivity contribution in [2.24, 2.45) is 0 Å². The molecule has 1 N–H and O–H groups in total. The van der Waals surface area contributed by atoms with E-state index in [4.69, 9.17) is 5.11 Å². The van der Waals surface area contributed by atoms with E-state index in [1.807, 2.05) is 10.8 Å². The summed E-state index contributed by atoms with van der Waals surface area (Å²) in [5, 5.41) is 9.06. The lowest BCUT2D eigenvalue weighted by Crippen LogP contribution is -2.07. The summed E-state index contributed by atoms with van der Waals surface area (Å²) in [6.45, 7) is 3.03. The van der Waals surface area contributed by atoms with Crippen LogP contribution >= 0.6 is 15.9 Å². The number of hydrogen-bond donors (Lipinski definition) is 1. The molecule has 19 heavy (non-hydrogen) atoms. The van der Waals surface area contributed by atoms with Gasteiger partial charge in [0.2, 0.25) is 0 Å². The molecule has 0 radical (unpaired) electrons. The Labute approximate surface area is 124 Å². The molecule has 0 fully saturated rings. The SMILES string of the molecule is CCCCCCCCCCn1cc(Br)cc1C(=O)O. The van der Waals surface area contributed by atoms with Crippen LogP contribution < -0.4 is 0 Å². The Morgan fingerprint density at radius 1 is 1.16 bits per heavy atom. The predicted molar refractivity (Wildman–Crippen MR) is 81.7 cm³/mol. The lowest BCUT2D eigenvalue weighted by Gasteiger charge is -2.06. The van der Waals surface area contributed by atoms with Gasteiger partial charge in [0, 0.05) is 17.2 Å².